The fourth-order valence-electron chi connectivity index (χ4n) is 5.92. The van der Waals surface area contributed by atoms with Crippen molar-refractivity contribution < 1.29 is 39.7 Å². The molecule has 3 aliphatic rings. The van der Waals surface area contributed by atoms with Crippen molar-refractivity contribution in [2.45, 2.75) is 105 Å². The minimum atomic E-state index is -1.43. The van der Waals surface area contributed by atoms with Crippen molar-refractivity contribution in [1.29, 1.82) is 0 Å². The normalized spacial score (nSPS) is 44.3. The molecule has 3 fully saturated rings. The van der Waals surface area contributed by atoms with Gasteiger partial charge in [-0.05, 0) is 38.8 Å². The molecule has 0 aromatic rings. The lowest BCUT2D eigenvalue weighted by atomic mass is 9.72. The van der Waals surface area contributed by atoms with Crippen molar-refractivity contribution in [3.05, 3.63) is 0 Å². The number of aliphatic hydroxyl groups excluding tert-OH is 5. The molecule has 0 amide bonds. The third-order valence-electron chi connectivity index (χ3n) is 8.24. The molecule has 1 saturated carbocycles. The summed E-state index contributed by atoms with van der Waals surface area (Å²) in [5.74, 6) is -0.578. The summed E-state index contributed by atoms with van der Waals surface area (Å²) in [7, 11) is 0. The third-order valence-corrected chi connectivity index (χ3v) is 8.24. The highest BCUT2D eigenvalue weighted by Gasteiger charge is 2.52. The van der Waals surface area contributed by atoms with Crippen LogP contribution >= 0.6 is 0 Å². The molecule has 39 heavy (non-hydrogen) atoms. The Labute approximate surface area is 229 Å². The number of nitrogens with one attached hydrogen (secondary N) is 2. The molecular formula is C24H51N7O8. The van der Waals surface area contributed by atoms with Gasteiger partial charge < -0.3 is 79.0 Å². The molecule has 2 unspecified atom stereocenters. The predicted octanol–water partition coefficient (Wildman–Crippen LogP) is -6.06. The summed E-state index contributed by atoms with van der Waals surface area (Å²) in [5.41, 5.74) is 29.8. The molecule has 0 aromatic carbocycles. The predicted molar refractivity (Wildman–Crippen MR) is 142 cm³/mol. The second kappa shape index (κ2) is 15.6. The summed E-state index contributed by atoms with van der Waals surface area (Å²) in [6.45, 7) is 1.16. The Bertz CT molecular complexity index is 713. The second-order valence-electron chi connectivity index (χ2n) is 11.0. The third kappa shape index (κ3) is 8.03. The summed E-state index contributed by atoms with van der Waals surface area (Å²) >= 11 is 0. The molecule has 1 aliphatic carbocycles. The van der Waals surface area contributed by atoms with Crippen LogP contribution in [0.5, 0.6) is 0 Å². The molecule has 0 aromatic heterocycles. The van der Waals surface area contributed by atoms with E-state index in [2.05, 4.69) is 10.6 Å². The molecule has 15 nitrogen and oxygen atoms in total. The van der Waals surface area contributed by atoms with Crippen molar-refractivity contribution in [3.8, 4) is 0 Å². The highest BCUT2D eigenvalue weighted by Crippen LogP contribution is 2.37. The summed E-state index contributed by atoms with van der Waals surface area (Å²) < 4.78 is 18.2. The summed E-state index contributed by atoms with van der Waals surface area (Å²) in [4.78, 5) is 0. The van der Waals surface area contributed by atoms with Crippen LogP contribution in [-0.4, -0.2) is 144 Å². The Morgan fingerprint density at radius 2 is 1.69 bits per heavy atom. The first kappa shape index (κ1) is 32.9. The highest BCUT2D eigenvalue weighted by molar-refractivity contribution is 5.05. The highest BCUT2D eigenvalue weighted by atomic mass is 16.7. The quantitative estimate of drug-likeness (QED) is 0.0925. The average molecular weight is 566 g/mol. The monoisotopic (exact) mass is 565 g/mol. The van der Waals surface area contributed by atoms with Crippen LogP contribution in [0.1, 0.15) is 25.7 Å². The number of ether oxygens (including phenoxy) is 3. The lowest BCUT2D eigenvalue weighted by Gasteiger charge is -2.51. The van der Waals surface area contributed by atoms with E-state index < -0.39 is 79.7 Å². The Balaban J connectivity index is 1.86. The van der Waals surface area contributed by atoms with Crippen LogP contribution in [0.25, 0.3) is 0 Å². The fourth-order valence-corrected chi connectivity index (χ4v) is 5.92. The van der Waals surface area contributed by atoms with Gasteiger partial charge in [-0.15, -0.1) is 0 Å². The first-order valence-corrected chi connectivity index (χ1v) is 14.0. The van der Waals surface area contributed by atoms with Gasteiger partial charge in [0.1, 0.15) is 24.4 Å². The number of rotatable bonds is 13. The summed E-state index contributed by atoms with van der Waals surface area (Å²) in [6.07, 6.45) is -6.19. The number of nitrogens with two attached hydrogens (primary N) is 5. The fraction of sp³-hybridized carbons (Fsp3) is 1.00. The van der Waals surface area contributed by atoms with Gasteiger partial charge in [0.2, 0.25) is 0 Å². The molecule has 2 saturated heterocycles. The van der Waals surface area contributed by atoms with Crippen LogP contribution in [0.2, 0.25) is 0 Å². The Morgan fingerprint density at radius 3 is 2.33 bits per heavy atom. The summed E-state index contributed by atoms with van der Waals surface area (Å²) in [5, 5.41) is 59.1. The summed E-state index contributed by atoms with van der Waals surface area (Å²) in [6, 6.07) is -2.32. The molecule has 2 heterocycles. The van der Waals surface area contributed by atoms with Crippen LogP contribution in [-0.2, 0) is 14.2 Å². The molecule has 17 N–H and O–H groups in total. The molecule has 3 rings (SSSR count). The largest absolute Gasteiger partial charge is 0.394 e. The van der Waals surface area contributed by atoms with E-state index in [0.29, 0.717) is 26.1 Å². The molecule has 14 atom stereocenters. The smallest absolute Gasteiger partial charge is 0.186 e. The Kier molecular flexibility index (Phi) is 13.1. The standard InChI is InChI=1S/C24H51N7O8/c25-4-1-5-30-14-3-2-12(8-27)37-22(14)17-13(28)6-15(31-9-11(33)7-26)23(20(17)35)39-24-21(36)18(29)19(34)16(10-32)38-24/h11-24,30-36H,1-10,25-29H2/t11?,12-,13-,14+,15+,16+,17?,18-,19+,20-,21+,22-,23-,24+/m0/s1. The molecule has 0 bridgehead atoms. The molecule has 0 spiro atoms. The zero-order chi connectivity index (χ0) is 28.7. The van der Waals surface area contributed by atoms with Gasteiger partial charge in [0, 0.05) is 43.7 Å². The zero-order valence-electron chi connectivity index (χ0n) is 22.5. The first-order chi connectivity index (χ1) is 18.7. The van der Waals surface area contributed by atoms with E-state index in [9.17, 15) is 25.5 Å². The van der Waals surface area contributed by atoms with Gasteiger partial charge >= 0.3 is 0 Å². The molecule has 0 radical (unpaired) electrons. The minimum Gasteiger partial charge on any atom is -0.394 e. The van der Waals surface area contributed by atoms with Crippen molar-refractivity contribution >= 4 is 0 Å². The number of hydrogen-bond acceptors (Lipinski definition) is 15. The van der Waals surface area contributed by atoms with Crippen LogP contribution in [0, 0.1) is 5.92 Å². The van der Waals surface area contributed by atoms with Crippen molar-refractivity contribution in [1.82, 2.24) is 10.6 Å². The van der Waals surface area contributed by atoms with Gasteiger partial charge in [0.15, 0.2) is 6.29 Å². The maximum atomic E-state index is 11.8. The van der Waals surface area contributed by atoms with Crippen molar-refractivity contribution in [2.75, 3.05) is 39.3 Å². The van der Waals surface area contributed by atoms with Crippen LogP contribution in [0.15, 0.2) is 0 Å². The van der Waals surface area contributed by atoms with E-state index in [1.54, 1.807) is 0 Å². The van der Waals surface area contributed by atoms with Crippen molar-refractivity contribution in [3.63, 3.8) is 0 Å². The lowest BCUT2D eigenvalue weighted by molar-refractivity contribution is -0.306. The SMILES string of the molecule is NCCCN[C@@H]1CC[C@@H](CN)O[C@@H]1C1[C@@H](N)C[C@@H](NCC(O)CN)[C@H](O[C@H]2O[C@H](CO)[C@@H](O)[C@H](N)[C@H]2O)[C@H]1O. The Morgan fingerprint density at radius 1 is 0.949 bits per heavy atom. The van der Waals surface area contributed by atoms with Crippen LogP contribution in [0.3, 0.4) is 0 Å². The number of hydrogen-bond donors (Lipinski definition) is 12. The van der Waals surface area contributed by atoms with Gasteiger partial charge in [0.05, 0.1) is 37.1 Å². The molecule has 230 valence electrons. The molecule has 15 heteroatoms. The van der Waals surface area contributed by atoms with Crippen molar-refractivity contribution in [2.24, 2.45) is 34.6 Å². The molecule has 2 aliphatic heterocycles. The van der Waals surface area contributed by atoms with Gasteiger partial charge in [-0.2, -0.15) is 0 Å². The zero-order valence-corrected chi connectivity index (χ0v) is 22.5. The topological polar surface area (TPSA) is 283 Å². The molecular weight excluding hydrogens is 514 g/mol. The van der Waals surface area contributed by atoms with E-state index >= 15 is 0 Å². The maximum absolute atomic E-state index is 11.8. The van der Waals surface area contributed by atoms with E-state index in [1.807, 2.05) is 0 Å². The van der Waals surface area contributed by atoms with Gasteiger partial charge in [0.25, 0.3) is 0 Å². The lowest BCUT2D eigenvalue weighted by Crippen LogP contribution is -2.69. The van der Waals surface area contributed by atoms with E-state index in [0.717, 1.165) is 19.3 Å². The maximum Gasteiger partial charge on any atom is 0.186 e. The average Bonchev–Trinajstić information content (AvgIpc) is 2.93. The van der Waals surface area contributed by atoms with E-state index in [1.165, 1.54) is 0 Å². The second-order valence-corrected chi connectivity index (χ2v) is 11.0. The Hall–Kier alpha value is -0.600. The van der Waals surface area contributed by atoms with Gasteiger partial charge in [-0.25, -0.2) is 0 Å². The van der Waals surface area contributed by atoms with Crippen LogP contribution in [0.4, 0.5) is 0 Å². The van der Waals surface area contributed by atoms with E-state index in [-0.39, 0.29) is 25.2 Å². The van der Waals surface area contributed by atoms with Crippen LogP contribution < -0.4 is 39.3 Å². The van der Waals surface area contributed by atoms with Gasteiger partial charge in [-0.3, -0.25) is 0 Å². The minimum absolute atomic E-state index is 0.0321. The first-order valence-electron chi connectivity index (χ1n) is 14.0. The van der Waals surface area contributed by atoms with Gasteiger partial charge in [-0.1, -0.05) is 0 Å². The number of aliphatic hydroxyl groups is 5. The van der Waals surface area contributed by atoms with E-state index in [4.69, 9.17) is 42.9 Å².